The van der Waals surface area contributed by atoms with Crippen molar-refractivity contribution in [3.63, 3.8) is 0 Å². The van der Waals surface area contributed by atoms with Gasteiger partial charge in [-0.2, -0.15) is 0 Å². The maximum atomic E-state index is 10.7. The third-order valence-electron chi connectivity index (χ3n) is 5.94. The molecule has 0 saturated carbocycles. The molecule has 0 aliphatic carbocycles. The highest BCUT2D eigenvalue weighted by Crippen LogP contribution is 2.54. The summed E-state index contributed by atoms with van der Waals surface area (Å²) < 4.78 is 15.6. The Morgan fingerprint density at radius 2 is 2.00 bits per heavy atom. The molecule has 2 aromatic rings. The van der Waals surface area contributed by atoms with Crippen LogP contribution in [0.25, 0.3) is 11.2 Å². The van der Waals surface area contributed by atoms with Gasteiger partial charge >= 0.3 is 0 Å². The molecule has 4 heterocycles. The molecule has 10 heteroatoms. The summed E-state index contributed by atoms with van der Waals surface area (Å²) in [6, 6.07) is 0. The minimum atomic E-state index is -1.12. The first-order chi connectivity index (χ1) is 13.6. The monoisotopic (exact) mass is 423 g/mol. The van der Waals surface area contributed by atoms with Crippen LogP contribution >= 0.6 is 7.77 Å². The standard InChI is InChI=1S/C19H30N5O4P/c1-6-12-10(2)29(12)28-19(3,4)7-11-14(25)15(26)18(27-11)24-9-21-13-16(20)23(5)8-22-17(13)24/h8-9,11-12,14-15,18,20,25-26,29H,6-7H2,1-5H3/t11-,12?,14?,15-,18?/m1/s1. The fourth-order valence-corrected chi connectivity index (χ4v) is 6.62. The summed E-state index contributed by atoms with van der Waals surface area (Å²) in [6.45, 7) is 8.37. The molecule has 0 bridgehead atoms. The lowest BCUT2D eigenvalue weighted by Gasteiger charge is -2.29. The highest BCUT2D eigenvalue weighted by Gasteiger charge is 2.47. The molecule has 0 amide bonds. The summed E-state index contributed by atoms with van der Waals surface area (Å²) in [7, 11) is 0.819. The van der Waals surface area contributed by atoms with Crippen LogP contribution in [-0.4, -0.2) is 64.2 Å². The van der Waals surface area contributed by atoms with Crippen molar-refractivity contribution >= 4 is 24.2 Å². The number of fused-ring (bicyclic) bond motifs is 1. The van der Waals surface area contributed by atoms with Crippen molar-refractivity contribution in [1.82, 2.24) is 19.1 Å². The number of aliphatic hydroxyl groups is 2. The number of nitrogens with one attached hydrogen (secondary N) is 1. The molecule has 6 atom stereocenters. The van der Waals surface area contributed by atoms with Crippen molar-refractivity contribution < 1.29 is 19.5 Å². The zero-order chi connectivity index (χ0) is 21.1. The molecular formula is C19H30N5O4P. The van der Waals surface area contributed by atoms with Crippen LogP contribution in [0.4, 0.5) is 0 Å². The minimum absolute atomic E-state index is 0.220. The van der Waals surface area contributed by atoms with E-state index in [9.17, 15) is 10.2 Å². The van der Waals surface area contributed by atoms with Gasteiger partial charge in [0.15, 0.2) is 17.4 Å². The molecule has 0 radical (unpaired) electrons. The fraction of sp³-hybridized carbons (Fsp3) is 0.684. The Bertz CT molecular complexity index is 1030. The van der Waals surface area contributed by atoms with Gasteiger partial charge in [0.1, 0.15) is 17.7 Å². The number of nitrogens with zero attached hydrogens (tertiary/aromatic N) is 4. The van der Waals surface area contributed by atoms with Crippen LogP contribution in [0.15, 0.2) is 12.7 Å². The highest BCUT2D eigenvalue weighted by atomic mass is 31.1. The number of rotatable bonds is 6. The van der Waals surface area contributed by atoms with Gasteiger partial charge in [-0.1, -0.05) is 6.92 Å². The molecule has 29 heavy (non-hydrogen) atoms. The molecule has 0 spiro atoms. The van der Waals surface area contributed by atoms with Crippen molar-refractivity contribution in [2.75, 3.05) is 0 Å². The zero-order valence-corrected chi connectivity index (χ0v) is 18.5. The number of aryl methyl sites for hydroxylation is 1. The summed E-state index contributed by atoms with van der Waals surface area (Å²) >= 11 is 0. The van der Waals surface area contributed by atoms with Crippen LogP contribution < -0.4 is 5.49 Å². The maximum Gasteiger partial charge on any atom is 0.167 e. The average molecular weight is 423 g/mol. The topological polar surface area (TPSA) is 118 Å². The third kappa shape index (κ3) is 3.59. The smallest absolute Gasteiger partial charge is 0.167 e. The Hall–Kier alpha value is -1.51. The van der Waals surface area contributed by atoms with Crippen molar-refractivity contribution in [3.8, 4) is 0 Å². The third-order valence-corrected chi connectivity index (χ3v) is 9.00. The van der Waals surface area contributed by atoms with E-state index in [1.54, 1.807) is 16.2 Å². The van der Waals surface area contributed by atoms with Gasteiger partial charge in [-0.25, -0.2) is 9.97 Å². The van der Waals surface area contributed by atoms with Crippen LogP contribution in [0.1, 0.15) is 46.8 Å². The van der Waals surface area contributed by atoms with Crippen molar-refractivity contribution in [3.05, 3.63) is 18.1 Å². The molecule has 160 valence electrons. The normalized spacial score (nSPS) is 32.3. The predicted molar refractivity (Wildman–Crippen MR) is 111 cm³/mol. The largest absolute Gasteiger partial charge is 0.388 e. The van der Waals surface area contributed by atoms with Gasteiger partial charge in [0.25, 0.3) is 0 Å². The molecule has 1 fully saturated rings. The van der Waals surface area contributed by atoms with Gasteiger partial charge in [-0.05, 0) is 32.5 Å². The number of ether oxygens (including phenoxy) is 1. The van der Waals surface area contributed by atoms with E-state index < -0.39 is 37.9 Å². The molecule has 3 N–H and O–H groups in total. The Morgan fingerprint density at radius 3 is 2.66 bits per heavy atom. The number of aliphatic hydroxyl groups excluding tert-OH is 2. The second kappa shape index (κ2) is 7.32. The van der Waals surface area contributed by atoms with E-state index in [0.717, 1.165) is 6.42 Å². The maximum absolute atomic E-state index is 10.7. The minimum Gasteiger partial charge on any atom is -0.388 e. The van der Waals surface area contributed by atoms with Crippen LogP contribution in [0, 0.1) is 5.41 Å². The summed E-state index contributed by atoms with van der Waals surface area (Å²) in [5, 5.41) is 30.9. The molecule has 4 unspecified atom stereocenters. The van der Waals surface area contributed by atoms with E-state index >= 15 is 0 Å². The molecular weight excluding hydrogens is 393 g/mol. The second-order valence-corrected chi connectivity index (χ2v) is 11.1. The van der Waals surface area contributed by atoms with E-state index in [-0.39, 0.29) is 5.49 Å². The lowest BCUT2D eigenvalue weighted by Crippen LogP contribution is -2.36. The van der Waals surface area contributed by atoms with Gasteiger partial charge in [0.2, 0.25) is 0 Å². The van der Waals surface area contributed by atoms with E-state index in [0.29, 0.717) is 23.2 Å². The van der Waals surface area contributed by atoms with Crippen LogP contribution in [0.5, 0.6) is 0 Å². The number of imidazole rings is 1. The van der Waals surface area contributed by atoms with Gasteiger partial charge in [0, 0.05) is 26.9 Å². The first-order valence-electron chi connectivity index (χ1n) is 9.98. The molecule has 2 aromatic heterocycles. The number of hydrogen-bond donors (Lipinski definition) is 3. The quantitative estimate of drug-likeness (QED) is 0.600. The first-order valence-corrected chi connectivity index (χ1v) is 11.5. The van der Waals surface area contributed by atoms with E-state index in [2.05, 4.69) is 23.8 Å². The highest BCUT2D eigenvalue weighted by molar-refractivity contribution is 7.66. The van der Waals surface area contributed by atoms with Crippen LogP contribution in [0.2, 0.25) is 0 Å². The molecule has 2 aliphatic rings. The lowest BCUT2D eigenvalue weighted by molar-refractivity contribution is -0.0568. The molecule has 0 aromatic carbocycles. The SMILES string of the molecule is CCC1C(C)=[PH]1OC(C)(C)C[C@H]1OC(n2cnc3c(=N)n(C)cnc32)[C@H](O)C1O. The van der Waals surface area contributed by atoms with Crippen molar-refractivity contribution in [2.45, 2.75) is 76.3 Å². The number of aromatic nitrogens is 4. The Labute approximate surface area is 170 Å². The Balaban J connectivity index is 1.53. The van der Waals surface area contributed by atoms with Crippen molar-refractivity contribution in [1.29, 1.82) is 5.41 Å². The van der Waals surface area contributed by atoms with Crippen LogP contribution in [0.3, 0.4) is 0 Å². The van der Waals surface area contributed by atoms with E-state index in [1.807, 2.05) is 13.8 Å². The zero-order valence-electron chi connectivity index (χ0n) is 17.5. The second-order valence-electron chi connectivity index (χ2n) is 8.65. The first kappa shape index (κ1) is 20.8. The average Bonchev–Trinajstić information content (AvgIpc) is 2.98. The number of hydrogen-bond acceptors (Lipinski definition) is 7. The Kier molecular flexibility index (Phi) is 5.24. The Morgan fingerprint density at radius 1 is 1.28 bits per heavy atom. The summed E-state index contributed by atoms with van der Waals surface area (Å²) in [5.41, 5.74) is 1.23. The lowest BCUT2D eigenvalue weighted by atomic mass is 9.97. The molecule has 9 nitrogen and oxygen atoms in total. The van der Waals surface area contributed by atoms with E-state index in [1.165, 1.54) is 17.9 Å². The van der Waals surface area contributed by atoms with E-state index in [4.69, 9.17) is 14.7 Å². The summed E-state index contributed by atoms with van der Waals surface area (Å²) in [5.74, 6) is 0. The summed E-state index contributed by atoms with van der Waals surface area (Å²) in [4.78, 5) is 8.58. The van der Waals surface area contributed by atoms with Crippen molar-refractivity contribution in [2.24, 2.45) is 7.05 Å². The van der Waals surface area contributed by atoms with Gasteiger partial charge < -0.3 is 24.0 Å². The van der Waals surface area contributed by atoms with Crippen LogP contribution in [-0.2, 0) is 16.3 Å². The van der Waals surface area contributed by atoms with Gasteiger partial charge in [-0.3, -0.25) is 9.98 Å². The predicted octanol–water partition coefficient (Wildman–Crippen LogP) is 1.17. The van der Waals surface area contributed by atoms with Gasteiger partial charge in [-0.15, -0.1) is 0 Å². The molecule has 2 aliphatic heterocycles. The van der Waals surface area contributed by atoms with Gasteiger partial charge in [0.05, 0.1) is 24.4 Å². The fourth-order valence-electron chi connectivity index (χ4n) is 4.16. The molecule has 1 saturated heterocycles. The molecule has 4 rings (SSSR count). The summed E-state index contributed by atoms with van der Waals surface area (Å²) in [6.07, 6.45) is 1.05.